The van der Waals surface area contributed by atoms with Gasteiger partial charge in [-0.3, -0.25) is 0 Å². The number of benzene rings is 1. The summed E-state index contributed by atoms with van der Waals surface area (Å²) in [5.41, 5.74) is 1.20. The molecule has 1 aromatic carbocycles. The molecule has 0 spiro atoms. The maximum atomic E-state index is 5.83. The lowest BCUT2D eigenvalue weighted by atomic mass is 10.1. The Balaban J connectivity index is 1.66. The van der Waals surface area contributed by atoms with E-state index in [-0.39, 0.29) is 12.2 Å². The third-order valence-electron chi connectivity index (χ3n) is 2.69. The van der Waals surface area contributed by atoms with Crippen molar-refractivity contribution in [1.29, 1.82) is 0 Å². The first-order valence-corrected chi connectivity index (χ1v) is 5.33. The molecule has 0 bridgehead atoms. The number of hydrogen-bond donors (Lipinski definition) is 0. The standard InChI is InChI=1S/C12H14O3/c1-2-4-9(5-3-1)12(11-8-14-11)15-7-10-6-13-10/h1-5,10-12H,6-8H2. The normalized spacial score (nSPS) is 29.9. The Bertz CT molecular complexity index is 317. The van der Waals surface area contributed by atoms with E-state index in [4.69, 9.17) is 14.2 Å². The zero-order valence-electron chi connectivity index (χ0n) is 8.46. The second kappa shape index (κ2) is 3.93. The van der Waals surface area contributed by atoms with Gasteiger partial charge in [0.15, 0.2) is 0 Å². The maximum absolute atomic E-state index is 5.83. The summed E-state index contributed by atoms with van der Waals surface area (Å²) in [7, 11) is 0. The minimum absolute atomic E-state index is 0.0791. The summed E-state index contributed by atoms with van der Waals surface area (Å²) in [5, 5.41) is 0. The highest BCUT2D eigenvalue weighted by Gasteiger charge is 2.36. The van der Waals surface area contributed by atoms with Gasteiger partial charge in [-0.2, -0.15) is 0 Å². The largest absolute Gasteiger partial charge is 0.371 e. The van der Waals surface area contributed by atoms with Crippen molar-refractivity contribution in [2.45, 2.75) is 18.3 Å². The summed E-state index contributed by atoms with van der Waals surface area (Å²) in [5.74, 6) is 0. The summed E-state index contributed by atoms with van der Waals surface area (Å²) in [6, 6.07) is 10.2. The summed E-state index contributed by atoms with van der Waals surface area (Å²) in [4.78, 5) is 0. The van der Waals surface area contributed by atoms with Crippen LogP contribution in [0.2, 0.25) is 0 Å². The smallest absolute Gasteiger partial charge is 0.111 e. The van der Waals surface area contributed by atoms with Gasteiger partial charge in [0.1, 0.15) is 18.3 Å². The fourth-order valence-electron chi connectivity index (χ4n) is 1.67. The molecule has 2 aliphatic heterocycles. The van der Waals surface area contributed by atoms with Crippen LogP contribution in [0.4, 0.5) is 0 Å². The summed E-state index contributed by atoms with van der Waals surface area (Å²) >= 11 is 0. The highest BCUT2D eigenvalue weighted by atomic mass is 16.6. The molecule has 80 valence electrons. The van der Waals surface area contributed by atoms with E-state index in [0.717, 1.165) is 13.2 Å². The highest BCUT2D eigenvalue weighted by molar-refractivity contribution is 5.19. The minimum atomic E-state index is 0.0791. The fraction of sp³-hybridized carbons (Fsp3) is 0.500. The molecule has 0 saturated carbocycles. The molecule has 2 saturated heterocycles. The molecule has 2 fully saturated rings. The van der Waals surface area contributed by atoms with Gasteiger partial charge >= 0.3 is 0 Å². The first kappa shape index (κ1) is 9.33. The average Bonchev–Trinajstić information content (AvgIpc) is 3.14. The number of epoxide rings is 2. The van der Waals surface area contributed by atoms with Gasteiger partial charge in [0, 0.05) is 0 Å². The zero-order valence-corrected chi connectivity index (χ0v) is 8.46. The van der Waals surface area contributed by atoms with Crippen molar-refractivity contribution in [3.63, 3.8) is 0 Å². The molecule has 1 aromatic rings. The van der Waals surface area contributed by atoms with Gasteiger partial charge in [0.05, 0.1) is 19.8 Å². The van der Waals surface area contributed by atoms with E-state index in [2.05, 4.69) is 12.1 Å². The monoisotopic (exact) mass is 206 g/mol. The van der Waals surface area contributed by atoms with E-state index in [0.29, 0.717) is 12.7 Å². The summed E-state index contributed by atoms with van der Waals surface area (Å²) < 4.78 is 16.3. The molecule has 3 atom stereocenters. The van der Waals surface area contributed by atoms with Gasteiger partial charge < -0.3 is 14.2 Å². The van der Waals surface area contributed by atoms with Crippen molar-refractivity contribution < 1.29 is 14.2 Å². The van der Waals surface area contributed by atoms with Gasteiger partial charge in [-0.05, 0) is 5.56 Å². The topological polar surface area (TPSA) is 34.3 Å². The van der Waals surface area contributed by atoms with Crippen molar-refractivity contribution in [3.8, 4) is 0 Å². The van der Waals surface area contributed by atoms with Crippen molar-refractivity contribution in [2.24, 2.45) is 0 Å². The second-order valence-electron chi connectivity index (χ2n) is 3.99. The van der Waals surface area contributed by atoms with Crippen molar-refractivity contribution in [3.05, 3.63) is 35.9 Å². The van der Waals surface area contributed by atoms with Crippen LogP contribution in [-0.2, 0) is 14.2 Å². The number of ether oxygens (including phenoxy) is 3. The Morgan fingerprint density at radius 2 is 1.93 bits per heavy atom. The Morgan fingerprint density at radius 1 is 1.20 bits per heavy atom. The molecule has 0 N–H and O–H groups in total. The number of rotatable bonds is 5. The van der Waals surface area contributed by atoms with E-state index in [9.17, 15) is 0 Å². The molecule has 2 aliphatic rings. The van der Waals surface area contributed by atoms with Crippen molar-refractivity contribution in [2.75, 3.05) is 19.8 Å². The number of hydrogen-bond acceptors (Lipinski definition) is 3. The van der Waals surface area contributed by atoms with E-state index in [1.165, 1.54) is 5.56 Å². The molecular weight excluding hydrogens is 192 g/mol. The average molecular weight is 206 g/mol. The summed E-state index contributed by atoms with van der Waals surface area (Å²) in [6.07, 6.45) is 0.636. The van der Waals surface area contributed by atoms with Gasteiger partial charge in [0.25, 0.3) is 0 Å². The first-order valence-electron chi connectivity index (χ1n) is 5.33. The quantitative estimate of drug-likeness (QED) is 0.685. The fourth-order valence-corrected chi connectivity index (χ4v) is 1.67. The van der Waals surface area contributed by atoms with Crippen LogP contribution in [0.25, 0.3) is 0 Å². The summed E-state index contributed by atoms with van der Waals surface area (Å²) in [6.45, 7) is 2.33. The Hall–Kier alpha value is -0.900. The molecule has 15 heavy (non-hydrogen) atoms. The van der Waals surface area contributed by atoms with Gasteiger partial charge in [-0.25, -0.2) is 0 Å². The van der Waals surface area contributed by atoms with Crippen LogP contribution in [0, 0.1) is 0 Å². The lowest BCUT2D eigenvalue weighted by molar-refractivity contribution is 0.0233. The van der Waals surface area contributed by atoms with E-state index in [1.54, 1.807) is 0 Å². The van der Waals surface area contributed by atoms with Crippen LogP contribution in [-0.4, -0.2) is 32.0 Å². The molecule has 0 aromatic heterocycles. The molecule has 0 aliphatic carbocycles. The lowest BCUT2D eigenvalue weighted by Gasteiger charge is -2.15. The van der Waals surface area contributed by atoms with Crippen LogP contribution in [0.1, 0.15) is 11.7 Å². The lowest BCUT2D eigenvalue weighted by Crippen LogP contribution is -2.14. The molecule has 3 heteroatoms. The van der Waals surface area contributed by atoms with Gasteiger partial charge in [-0.1, -0.05) is 30.3 Å². The van der Waals surface area contributed by atoms with Crippen LogP contribution in [0.15, 0.2) is 30.3 Å². The Labute approximate surface area is 89.0 Å². The van der Waals surface area contributed by atoms with Gasteiger partial charge in [0.2, 0.25) is 0 Å². The molecule has 2 heterocycles. The SMILES string of the molecule is c1ccc(C(OCC2CO2)C2CO2)cc1. The first-order chi connectivity index (χ1) is 7.43. The molecular formula is C12H14O3. The Morgan fingerprint density at radius 3 is 2.53 bits per heavy atom. The van der Waals surface area contributed by atoms with Crippen molar-refractivity contribution in [1.82, 2.24) is 0 Å². The van der Waals surface area contributed by atoms with Crippen LogP contribution < -0.4 is 0 Å². The molecule has 3 unspecified atom stereocenters. The third-order valence-corrected chi connectivity index (χ3v) is 2.69. The predicted molar refractivity (Wildman–Crippen MR) is 54.6 cm³/mol. The van der Waals surface area contributed by atoms with Crippen LogP contribution >= 0.6 is 0 Å². The zero-order chi connectivity index (χ0) is 10.1. The van der Waals surface area contributed by atoms with Crippen molar-refractivity contribution >= 4 is 0 Å². The second-order valence-corrected chi connectivity index (χ2v) is 3.99. The van der Waals surface area contributed by atoms with Crippen LogP contribution in [0.5, 0.6) is 0 Å². The predicted octanol–water partition coefficient (Wildman–Crippen LogP) is 1.54. The highest BCUT2D eigenvalue weighted by Crippen LogP contribution is 2.31. The minimum Gasteiger partial charge on any atom is -0.371 e. The third kappa shape index (κ3) is 2.37. The molecule has 0 radical (unpaired) electrons. The Kier molecular flexibility index (Phi) is 2.44. The van der Waals surface area contributed by atoms with E-state index < -0.39 is 0 Å². The molecule has 3 nitrogen and oxygen atoms in total. The van der Waals surface area contributed by atoms with Gasteiger partial charge in [-0.15, -0.1) is 0 Å². The molecule has 0 amide bonds. The van der Waals surface area contributed by atoms with E-state index in [1.807, 2.05) is 18.2 Å². The van der Waals surface area contributed by atoms with Crippen LogP contribution in [0.3, 0.4) is 0 Å². The van der Waals surface area contributed by atoms with E-state index >= 15 is 0 Å². The molecule has 3 rings (SSSR count). The maximum Gasteiger partial charge on any atom is 0.111 e.